The maximum Gasteiger partial charge on any atom is 0.340 e. The number of hydrogen-bond donors (Lipinski definition) is 1. The minimum atomic E-state index is -4.14. The molecule has 0 aliphatic rings. The van der Waals surface area contributed by atoms with E-state index >= 15 is 0 Å². The number of hydrogen-bond acceptors (Lipinski definition) is 5. The summed E-state index contributed by atoms with van der Waals surface area (Å²) in [5, 5.41) is 3.00. The summed E-state index contributed by atoms with van der Waals surface area (Å²) < 4.78 is 36.5. The quantitative estimate of drug-likeness (QED) is 0.339. The molecule has 0 heterocycles. The summed E-state index contributed by atoms with van der Waals surface area (Å²) in [5.41, 5.74) is 1.76. The first-order chi connectivity index (χ1) is 16.7. The maximum atomic E-state index is 13.2. The zero-order chi connectivity index (χ0) is 25.6. The molecule has 0 spiro atoms. The van der Waals surface area contributed by atoms with Crippen molar-refractivity contribution >= 4 is 33.4 Å². The van der Waals surface area contributed by atoms with Gasteiger partial charge in [-0.25, -0.2) is 4.79 Å². The Kier molecular flexibility index (Phi) is 8.64. The molecule has 0 unspecified atom stereocenters. The smallest absolute Gasteiger partial charge is 0.340 e. The van der Waals surface area contributed by atoms with Crippen molar-refractivity contribution in [3.05, 3.63) is 82.9 Å². The molecule has 7 nitrogen and oxygen atoms in total. The Bertz CT molecular complexity index is 1280. The van der Waals surface area contributed by atoms with Crippen LogP contribution in [0.3, 0.4) is 0 Å². The van der Waals surface area contributed by atoms with Crippen LogP contribution in [0.5, 0.6) is 11.5 Å². The van der Waals surface area contributed by atoms with E-state index in [0.29, 0.717) is 22.6 Å². The molecular formula is C26H29ClN2O5S. The summed E-state index contributed by atoms with van der Waals surface area (Å²) in [6.07, 6.45) is 0.732. The Morgan fingerprint density at radius 1 is 1.09 bits per heavy atom. The monoisotopic (exact) mass is 516 g/mol. The van der Waals surface area contributed by atoms with Crippen molar-refractivity contribution in [3.8, 4) is 11.5 Å². The fourth-order valence-electron chi connectivity index (χ4n) is 3.58. The van der Waals surface area contributed by atoms with Crippen molar-refractivity contribution in [1.82, 2.24) is 4.90 Å². The normalized spacial score (nSPS) is 12.0. The fraction of sp³-hybridized carbons (Fsp3) is 0.269. The van der Waals surface area contributed by atoms with Gasteiger partial charge in [0.2, 0.25) is 0 Å². The molecule has 0 radical (unpaired) electrons. The summed E-state index contributed by atoms with van der Waals surface area (Å²) in [6.45, 7) is 5.85. The highest BCUT2D eigenvalue weighted by molar-refractivity contribution is 7.87. The highest BCUT2D eigenvalue weighted by Gasteiger charge is 2.24. The number of nitrogens with one attached hydrogen (secondary N) is 1. The van der Waals surface area contributed by atoms with E-state index in [1.807, 2.05) is 32.0 Å². The molecule has 0 aliphatic carbocycles. The Balaban J connectivity index is 1.83. The van der Waals surface area contributed by atoms with Gasteiger partial charge in [-0.2, -0.15) is 8.42 Å². The van der Waals surface area contributed by atoms with Crippen LogP contribution < -0.4 is 14.2 Å². The topological polar surface area (TPSA) is 84.9 Å². The van der Waals surface area contributed by atoms with Crippen LogP contribution in [0, 0.1) is 6.92 Å². The number of para-hydroxylation sites is 2. The molecule has 0 fully saturated rings. The highest BCUT2D eigenvalue weighted by Crippen LogP contribution is 2.29. The minimum Gasteiger partial charge on any atom is -0.495 e. The van der Waals surface area contributed by atoms with Crippen molar-refractivity contribution in [1.29, 1.82) is 0 Å². The molecule has 0 aliphatic heterocycles. The standard InChI is InChI=1S/C26H29ClN2O5S/c1-5-19(3)29(26(30)28-23-14-6-7-15-24(23)33-4)17-20-11-9-12-21(16-20)34-35(31,32)25-18(2)10-8-13-22(25)27/h6-16,19H,5,17H2,1-4H3,(H,28,30)/t19-/m1/s1. The molecule has 0 aromatic heterocycles. The second-order valence-electron chi connectivity index (χ2n) is 8.09. The number of ether oxygens (including phenoxy) is 1. The zero-order valence-corrected chi connectivity index (χ0v) is 21.7. The Morgan fingerprint density at radius 2 is 1.80 bits per heavy atom. The molecule has 2 amide bonds. The lowest BCUT2D eigenvalue weighted by molar-refractivity contribution is 0.187. The van der Waals surface area contributed by atoms with Crippen molar-refractivity contribution in [2.75, 3.05) is 12.4 Å². The van der Waals surface area contributed by atoms with Gasteiger partial charge in [0.15, 0.2) is 0 Å². The molecule has 9 heteroatoms. The predicted octanol–water partition coefficient (Wildman–Crippen LogP) is 6.26. The van der Waals surface area contributed by atoms with Crippen LogP contribution in [0.15, 0.2) is 71.6 Å². The van der Waals surface area contributed by atoms with Gasteiger partial charge in [0, 0.05) is 12.6 Å². The summed E-state index contributed by atoms with van der Waals surface area (Å²) in [6, 6.07) is 18.3. The first-order valence-corrected chi connectivity index (χ1v) is 12.9. The third-order valence-corrected chi connectivity index (χ3v) is 7.48. The van der Waals surface area contributed by atoms with Gasteiger partial charge < -0.3 is 19.1 Å². The predicted molar refractivity (Wildman–Crippen MR) is 138 cm³/mol. The summed E-state index contributed by atoms with van der Waals surface area (Å²) in [7, 11) is -2.60. The fourth-order valence-corrected chi connectivity index (χ4v) is 5.29. The van der Waals surface area contributed by atoms with Crippen molar-refractivity contribution in [3.63, 3.8) is 0 Å². The Labute approximate surface area is 211 Å². The van der Waals surface area contributed by atoms with Crippen molar-refractivity contribution in [2.45, 2.75) is 44.7 Å². The van der Waals surface area contributed by atoms with E-state index < -0.39 is 10.1 Å². The van der Waals surface area contributed by atoms with Crippen LogP contribution in [0.2, 0.25) is 5.02 Å². The van der Waals surface area contributed by atoms with E-state index in [4.69, 9.17) is 20.5 Å². The molecular weight excluding hydrogens is 488 g/mol. The molecule has 186 valence electrons. The van der Waals surface area contributed by atoms with E-state index in [1.54, 1.807) is 61.4 Å². The van der Waals surface area contributed by atoms with Crippen LogP contribution >= 0.6 is 11.6 Å². The number of aryl methyl sites for hydroxylation is 1. The highest BCUT2D eigenvalue weighted by atomic mass is 35.5. The van der Waals surface area contributed by atoms with Gasteiger partial charge >= 0.3 is 16.1 Å². The molecule has 3 aromatic rings. The number of urea groups is 1. The van der Waals surface area contributed by atoms with Crippen LogP contribution in [0.25, 0.3) is 0 Å². The lowest BCUT2D eigenvalue weighted by Gasteiger charge is -2.29. The third-order valence-electron chi connectivity index (χ3n) is 5.60. The van der Waals surface area contributed by atoms with E-state index in [1.165, 1.54) is 6.07 Å². The van der Waals surface area contributed by atoms with Gasteiger partial charge in [0.1, 0.15) is 16.4 Å². The number of amides is 2. The number of carbonyl (C=O) groups is 1. The number of carbonyl (C=O) groups excluding carboxylic acids is 1. The van der Waals surface area contributed by atoms with Gasteiger partial charge in [0.05, 0.1) is 17.8 Å². The molecule has 3 rings (SSSR count). The van der Waals surface area contributed by atoms with Crippen molar-refractivity contribution < 1.29 is 22.1 Å². The molecule has 0 saturated heterocycles. The van der Waals surface area contributed by atoms with Gasteiger partial charge in [-0.1, -0.05) is 54.9 Å². The number of benzene rings is 3. The molecule has 1 atom stereocenters. The number of halogens is 1. The number of anilines is 1. The van der Waals surface area contributed by atoms with Gasteiger partial charge in [-0.3, -0.25) is 0 Å². The van der Waals surface area contributed by atoms with E-state index in [2.05, 4.69) is 5.32 Å². The number of nitrogens with zero attached hydrogens (tertiary/aromatic N) is 1. The molecule has 0 bridgehead atoms. The van der Waals surface area contributed by atoms with Gasteiger partial charge in [0.25, 0.3) is 0 Å². The lowest BCUT2D eigenvalue weighted by atomic mass is 10.1. The number of rotatable bonds is 9. The van der Waals surface area contributed by atoms with Crippen LogP contribution in [0.1, 0.15) is 31.4 Å². The van der Waals surface area contributed by atoms with E-state index in [9.17, 15) is 13.2 Å². The minimum absolute atomic E-state index is 0.0653. The average Bonchev–Trinajstić information content (AvgIpc) is 2.82. The second-order valence-corrected chi connectivity index (χ2v) is 9.98. The summed E-state index contributed by atoms with van der Waals surface area (Å²) in [5.74, 6) is 0.691. The lowest BCUT2D eigenvalue weighted by Crippen LogP contribution is -2.40. The Hall–Kier alpha value is -3.23. The largest absolute Gasteiger partial charge is 0.495 e. The zero-order valence-electron chi connectivity index (χ0n) is 20.1. The molecule has 35 heavy (non-hydrogen) atoms. The van der Waals surface area contributed by atoms with Crippen molar-refractivity contribution in [2.24, 2.45) is 0 Å². The molecule has 1 N–H and O–H groups in total. The van der Waals surface area contributed by atoms with Crippen LogP contribution in [-0.4, -0.2) is 32.5 Å². The number of methoxy groups -OCH3 is 1. The first-order valence-electron chi connectivity index (χ1n) is 11.2. The van der Waals surface area contributed by atoms with Crippen LogP contribution in [-0.2, 0) is 16.7 Å². The average molecular weight is 517 g/mol. The van der Waals surface area contributed by atoms with Crippen LogP contribution in [0.4, 0.5) is 10.5 Å². The second kappa shape index (κ2) is 11.5. The van der Waals surface area contributed by atoms with E-state index in [0.717, 1.165) is 6.42 Å². The third kappa shape index (κ3) is 6.46. The molecule has 3 aromatic carbocycles. The van der Waals surface area contributed by atoms with Gasteiger partial charge in [-0.05, 0) is 61.7 Å². The van der Waals surface area contributed by atoms with E-state index in [-0.39, 0.29) is 34.3 Å². The summed E-state index contributed by atoms with van der Waals surface area (Å²) >= 11 is 6.13. The maximum absolute atomic E-state index is 13.2. The van der Waals surface area contributed by atoms with Gasteiger partial charge in [-0.15, -0.1) is 0 Å². The SMILES string of the molecule is CC[C@@H](C)N(Cc1cccc(OS(=O)(=O)c2c(C)cccc2Cl)c1)C(=O)Nc1ccccc1OC. The molecule has 0 saturated carbocycles. The summed E-state index contributed by atoms with van der Waals surface area (Å²) in [4.78, 5) is 14.8. The first kappa shape index (κ1) is 26.4. The Morgan fingerprint density at radius 3 is 2.49 bits per heavy atom.